The van der Waals surface area contributed by atoms with Crippen LogP contribution in [0.2, 0.25) is 10.0 Å². The summed E-state index contributed by atoms with van der Waals surface area (Å²) in [5, 5.41) is 1.14. The van der Waals surface area contributed by atoms with Gasteiger partial charge in [0.25, 0.3) is 0 Å². The van der Waals surface area contributed by atoms with Gasteiger partial charge >= 0.3 is 0 Å². The molecule has 0 aromatic heterocycles. The van der Waals surface area contributed by atoms with Crippen molar-refractivity contribution in [1.29, 1.82) is 0 Å². The first-order valence-electron chi connectivity index (χ1n) is 3.44. The Balaban J connectivity index is 3.23. The molecule has 0 saturated heterocycles. The van der Waals surface area contributed by atoms with Gasteiger partial charge in [-0.2, -0.15) is 0 Å². The van der Waals surface area contributed by atoms with Crippen molar-refractivity contribution in [3.05, 3.63) is 22.2 Å². The Kier molecular flexibility index (Phi) is 2.70. The molecule has 0 aliphatic carbocycles. The van der Waals surface area contributed by atoms with E-state index in [1.807, 2.05) is 19.0 Å². The number of rotatable bonds is 1. The van der Waals surface area contributed by atoms with Gasteiger partial charge in [0, 0.05) is 14.1 Å². The molecule has 0 heterocycles. The van der Waals surface area contributed by atoms with Gasteiger partial charge in [0.05, 0.1) is 21.4 Å². The maximum atomic E-state index is 5.92. The summed E-state index contributed by atoms with van der Waals surface area (Å²) in [4.78, 5) is 1.88. The van der Waals surface area contributed by atoms with E-state index in [9.17, 15) is 0 Å². The molecular formula is C8H10Cl2N2. The average Bonchev–Trinajstić information content (AvgIpc) is 1.96. The number of nitrogens with two attached hydrogens (primary N) is 1. The predicted molar refractivity (Wildman–Crippen MR) is 55.2 cm³/mol. The van der Waals surface area contributed by atoms with Crippen molar-refractivity contribution in [2.75, 3.05) is 24.7 Å². The van der Waals surface area contributed by atoms with Gasteiger partial charge < -0.3 is 10.6 Å². The molecule has 1 aromatic carbocycles. The Morgan fingerprint density at radius 2 is 1.75 bits per heavy atom. The van der Waals surface area contributed by atoms with Crippen molar-refractivity contribution in [1.82, 2.24) is 0 Å². The first-order chi connectivity index (χ1) is 5.52. The topological polar surface area (TPSA) is 29.3 Å². The Morgan fingerprint density at radius 3 is 2.25 bits per heavy atom. The molecule has 4 heteroatoms. The van der Waals surface area contributed by atoms with Crippen LogP contribution in [0.3, 0.4) is 0 Å². The molecule has 0 saturated carbocycles. The Bertz CT molecular complexity index is 297. The lowest BCUT2D eigenvalue weighted by atomic mass is 10.2. The summed E-state index contributed by atoms with van der Waals surface area (Å²) in [5.41, 5.74) is 6.93. The first-order valence-corrected chi connectivity index (χ1v) is 4.20. The minimum atomic E-state index is 0.507. The third kappa shape index (κ3) is 1.76. The van der Waals surface area contributed by atoms with Crippen molar-refractivity contribution in [3.8, 4) is 0 Å². The fourth-order valence-electron chi connectivity index (χ4n) is 0.894. The molecule has 1 rings (SSSR count). The van der Waals surface area contributed by atoms with E-state index in [0.29, 0.717) is 15.7 Å². The number of benzene rings is 1. The summed E-state index contributed by atoms with van der Waals surface area (Å²) in [7, 11) is 3.79. The molecule has 66 valence electrons. The van der Waals surface area contributed by atoms with E-state index < -0.39 is 0 Å². The molecule has 1 aromatic rings. The fourth-order valence-corrected chi connectivity index (χ4v) is 1.39. The van der Waals surface area contributed by atoms with Crippen molar-refractivity contribution in [2.45, 2.75) is 0 Å². The van der Waals surface area contributed by atoms with Crippen molar-refractivity contribution < 1.29 is 0 Å². The van der Waals surface area contributed by atoms with Crippen LogP contribution in [0, 0.1) is 0 Å². The average molecular weight is 205 g/mol. The third-order valence-corrected chi connectivity index (χ3v) is 2.18. The Hall–Kier alpha value is -0.600. The van der Waals surface area contributed by atoms with Gasteiger partial charge in [-0.1, -0.05) is 23.2 Å². The molecule has 0 radical (unpaired) electrons. The summed E-state index contributed by atoms with van der Waals surface area (Å²) >= 11 is 11.7. The van der Waals surface area contributed by atoms with E-state index in [-0.39, 0.29) is 0 Å². The molecule has 0 fully saturated rings. The lowest BCUT2D eigenvalue weighted by molar-refractivity contribution is 1.13. The molecule has 0 unspecified atom stereocenters. The zero-order chi connectivity index (χ0) is 9.30. The number of nitrogens with zero attached hydrogens (tertiary/aromatic N) is 1. The lowest BCUT2D eigenvalue weighted by Gasteiger charge is -2.15. The molecular weight excluding hydrogens is 195 g/mol. The van der Waals surface area contributed by atoms with Crippen LogP contribution in [0.1, 0.15) is 0 Å². The second-order valence-electron chi connectivity index (χ2n) is 2.72. The Labute approximate surface area is 81.9 Å². The molecule has 0 aliphatic rings. The number of anilines is 2. The monoisotopic (exact) mass is 204 g/mol. The number of nitrogen functional groups attached to an aromatic ring is 1. The molecule has 0 bridgehead atoms. The number of hydrogen-bond acceptors (Lipinski definition) is 2. The van der Waals surface area contributed by atoms with Crippen LogP contribution in [0.4, 0.5) is 11.4 Å². The molecule has 2 N–H and O–H groups in total. The minimum absolute atomic E-state index is 0.507. The molecule has 2 nitrogen and oxygen atoms in total. The molecule has 0 spiro atoms. The summed E-state index contributed by atoms with van der Waals surface area (Å²) in [5.74, 6) is 0. The highest BCUT2D eigenvalue weighted by atomic mass is 35.5. The van der Waals surface area contributed by atoms with E-state index in [2.05, 4.69) is 0 Å². The van der Waals surface area contributed by atoms with Crippen LogP contribution < -0.4 is 10.6 Å². The van der Waals surface area contributed by atoms with Crippen LogP contribution >= 0.6 is 23.2 Å². The van der Waals surface area contributed by atoms with Crippen LogP contribution in [0.5, 0.6) is 0 Å². The predicted octanol–water partition coefficient (Wildman–Crippen LogP) is 2.64. The molecule has 0 amide bonds. The van der Waals surface area contributed by atoms with Gasteiger partial charge in [-0.15, -0.1) is 0 Å². The normalized spacial score (nSPS) is 10.0. The van der Waals surface area contributed by atoms with E-state index >= 15 is 0 Å². The second kappa shape index (κ2) is 3.42. The highest BCUT2D eigenvalue weighted by Crippen LogP contribution is 2.31. The van der Waals surface area contributed by atoms with E-state index in [0.717, 1.165) is 5.69 Å². The SMILES string of the molecule is CN(C)c1cc(Cl)c(N)cc1Cl. The summed E-state index contributed by atoms with van der Waals surface area (Å²) in [6.07, 6.45) is 0. The standard InChI is InChI=1S/C8H10Cl2N2/c1-12(2)8-4-5(9)7(11)3-6(8)10/h3-4H,11H2,1-2H3. The maximum absolute atomic E-state index is 5.92. The van der Waals surface area contributed by atoms with E-state index in [1.165, 1.54) is 0 Å². The minimum Gasteiger partial charge on any atom is -0.397 e. The van der Waals surface area contributed by atoms with E-state index in [4.69, 9.17) is 28.9 Å². The summed E-state index contributed by atoms with van der Waals surface area (Å²) < 4.78 is 0. The van der Waals surface area contributed by atoms with Crippen molar-refractivity contribution in [2.24, 2.45) is 0 Å². The Morgan fingerprint density at radius 1 is 1.17 bits per heavy atom. The molecule has 12 heavy (non-hydrogen) atoms. The first kappa shape index (κ1) is 9.49. The molecule has 0 aliphatic heterocycles. The van der Waals surface area contributed by atoms with Crippen LogP contribution in [-0.4, -0.2) is 14.1 Å². The van der Waals surface area contributed by atoms with Crippen LogP contribution in [0.15, 0.2) is 12.1 Å². The van der Waals surface area contributed by atoms with Crippen molar-refractivity contribution in [3.63, 3.8) is 0 Å². The van der Waals surface area contributed by atoms with Crippen molar-refractivity contribution >= 4 is 34.6 Å². The number of hydrogen-bond donors (Lipinski definition) is 1. The van der Waals surface area contributed by atoms with Gasteiger partial charge in [0.1, 0.15) is 0 Å². The fraction of sp³-hybridized carbons (Fsp3) is 0.250. The largest absolute Gasteiger partial charge is 0.397 e. The van der Waals surface area contributed by atoms with Gasteiger partial charge in [-0.3, -0.25) is 0 Å². The second-order valence-corrected chi connectivity index (χ2v) is 3.53. The smallest absolute Gasteiger partial charge is 0.0660 e. The van der Waals surface area contributed by atoms with Gasteiger partial charge in [-0.25, -0.2) is 0 Å². The van der Waals surface area contributed by atoms with Crippen LogP contribution in [-0.2, 0) is 0 Å². The van der Waals surface area contributed by atoms with Gasteiger partial charge in [0.2, 0.25) is 0 Å². The summed E-state index contributed by atoms with van der Waals surface area (Å²) in [6, 6.07) is 3.40. The van der Waals surface area contributed by atoms with Gasteiger partial charge in [0.15, 0.2) is 0 Å². The third-order valence-electron chi connectivity index (χ3n) is 1.55. The quantitative estimate of drug-likeness (QED) is 0.714. The zero-order valence-corrected chi connectivity index (χ0v) is 8.45. The summed E-state index contributed by atoms with van der Waals surface area (Å²) in [6.45, 7) is 0. The van der Waals surface area contributed by atoms with Gasteiger partial charge in [-0.05, 0) is 12.1 Å². The molecule has 0 atom stereocenters. The maximum Gasteiger partial charge on any atom is 0.0660 e. The highest BCUT2D eigenvalue weighted by molar-refractivity contribution is 6.37. The lowest BCUT2D eigenvalue weighted by Crippen LogP contribution is -2.09. The number of halogens is 2. The van der Waals surface area contributed by atoms with Crippen LogP contribution in [0.25, 0.3) is 0 Å². The zero-order valence-electron chi connectivity index (χ0n) is 6.94. The van der Waals surface area contributed by atoms with E-state index in [1.54, 1.807) is 12.1 Å². The highest BCUT2D eigenvalue weighted by Gasteiger charge is 2.05.